The van der Waals surface area contributed by atoms with Crippen molar-refractivity contribution in [1.29, 1.82) is 0 Å². The van der Waals surface area contributed by atoms with Gasteiger partial charge in [-0.25, -0.2) is 9.97 Å². The van der Waals surface area contributed by atoms with E-state index in [4.69, 9.17) is 4.74 Å². The first-order chi connectivity index (χ1) is 13.6. The fourth-order valence-electron chi connectivity index (χ4n) is 4.50. The van der Waals surface area contributed by atoms with E-state index in [-0.39, 0.29) is 6.04 Å². The van der Waals surface area contributed by atoms with Crippen LogP contribution in [0.15, 0.2) is 36.8 Å². The van der Waals surface area contributed by atoms with Gasteiger partial charge in [-0.2, -0.15) is 0 Å². The van der Waals surface area contributed by atoms with Crippen LogP contribution in [0.3, 0.4) is 0 Å². The van der Waals surface area contributed by atoms with Gasteiger partial charge in [0, 0.05) is 24.5 Å². The molecule has 146 valence electrons. The van der Waals surface area contributed by atoms with Crippen LogP contribution < -0.4 is 10.1 Å². The molecule has 3 aromatic rings. The lowest BCUT2D eigenvalue weighted by atomic mass is 10.00. The highest BCUT2D eigenvalue weighted by Crippen LogP contribution is 2.37. The van der Waals surface area contributed by atoms with Crippen molar-refractivity contribution in [2.45, 2.75) is 50.7 Å². The Kier molecular flexibility index (Phi) is 4.30. The molecule has 3 N–H and O–H groups in total. The standard InChI is InChI=1S/C21H24N4O3/c1-12-14-6-8-25(21(14)24-11-23-12)16-9-18(20(27)19(16)26)28-17-4-2-3-13-10-22-7-5-15(13)17/h2-4,6,8,11,16,18-20,22,26-27H,5,7,9-10H2,1H3/t16?,18-,19-,20+/m0/s1. The zero-order chi connectivity index (χ0) is 19.3. The molecular formula is C21H24N4O3. The Morgan fingerprint density at radius 2 is 2.07 bits per heavy atom. The molecule has 0 amide bonds. The molecule has 0 spiro atoms. The van der Waals surface area contributed by atoms with Gasteiger partial charge in [0.25, 0.3) is 0 Å². The summed E-state index contributed by atoms with van der Waals surface area (Å²) in [6.07, 6.45) is 2.51. The Bertz CT molecular complexity index is 1020. The van der Waals surface area contributed by atoms with Crippen LogP contribution in [0.4, 0.5) is 0 Å². The van der Waals surface area contributed by atoms with Gasteiger partial charge < -0.3 is 24.8 Å². The monoisotopic (exact) mass is 380 g/mol. The van der Waals surface area contributed by atoms with Gasteiger partial charge in [0.05, 0.1) is 11.7 Å². The highest BCUT2D eigenvalue weighted by Gasteiger charge is 2.44. The third-order valence-electron chi connectivity index (χ3n) is 6.04. The number of aryl methyl sites for hydroxylation is 1. The summed E-state index contributed by atoms with van der Waals surface area (Å²) in [7, 11) is 0. The zero-order valence-corrected chi connectivity index (χ0v) is 15.7. The quantitative estimate of drug-likeness (QED) is 0.638. The number of nitrogens with one attached hydrogen (secondary N) is 1. The molecule has 0 saturated heterocycles. The third-order valence-corrected chi connectivity index (χ3v) is 6.04. The SMILES string of the molecule is Cc1ncnc2c1ccn2C1C[C@H](Oc2cccc3c2CCNC3)[C@@H](O)[C@H]1O. The molecule has 4 atom stereocenters. The molecule has 0 radical (unpaired) electrons. The summed E-state index contributed by atoms with van der Waals surface area (Å²) in [6.45, 7) is 3.69. The molecule has 28 heavy (non-hydrogen) atoms. The summed E-state index contributed by atoms with van der Waals surface area (Å²) in [6, 6.07) is 7.70. The van der Waals surface area contributed by atoms with Gasteiger partial charge in [-0.05, 0) is 43.1 Å². The number of hydrogen-bond acceptors (Lipinski definition) is 6. The minimum absolute atomic E-state index is 0.298. The van der Waals surface area contributed by atoms with Crippen LogP contribution in [-0.2, 0) is 13.0 Å². The summed E-state index contributed by atoms with van der Waals surface area (Å²) < 4.78 is 8.17. The summed E-state index contributed by atoms with van der Waals surface area (Å²) in [5.74, 6) is 0.812. The lowest BCUT2D eigenvalue weighted by Gasteiger charge is -2.24. The van der Waals surface area contributed by atoms with E-state index in [0.29, 0.717) is 6.42 Å². The molecule has 7 nitrogen and oxygen atoms in total. The molecule has 0 bridgehead atoms. The molecule has 1 unspecified atom stereocenters. The molecule has 1 aliphatic heterocycles. The van der Waals surface area contributed by atoms with E-state index < -0.39 is 18.3 Å². The maximum absolute atomic E-state index is 10.7. The number of rotatable bonds is 3. The minimum Gasteiger partial charge on any atom is -0.487 e. The maximum atomic E-state index is 10.7. The Hall–Kier alpha value is -2.48. The average Bonchev–Trinajstić information content (AvgIpc) is 3.26. The average molecular weight is 380 g/mol. The molecule has 1 fully saturated rings. The van der Waals surface area contributed by atoms with E-state index in [9.17, 15) is 10.2 Å². The van der Waals surface area contributed by atoms with Gasteiger partial charge in [0.1, 0.15) is 36.0 Å². The second-order valence-electron chi connectivity index (χ2n) is 7.68. The van der Waals surface area contributed by atoms with Crippen molar-refractivity contribution < 1.29 is 14.9 Å². The molecular weight excluding hydrogens is 356 g/mol. The number of ether oxygens (including phenoxy) is 1. The molecule has 7 heteroatoms. The number of aromatic nitrogens is 3. The molecule has 1 aromatic carbocycles. The van der Waals surface area contributed by atoms with E-state index in [1.165, 1.54) is 17.5 Å². The number of aliphatic hydroxyl groups is 2. The number of aliphatic hydroxyl groups excluding tert-OH is 2. The van der Waals surface area contributed by atoms with Crippen LogP contribution in [0.2, 0.25) is 0 Å². The van der Waals surface area contributed by atoms with Crippen molar-refractivity contribution in [2.24, 2.45) is 0 Å². The van der Waals surface area contributed by atoms with E-state index >= 15 is 0 Å². The lowest BCUT2D eigenvalue weighted by molar-refractivity contribution is -0.0166. The van der Waals surface area contributed by atoms with Crippen molar-refractivity contribution >= 4 is 11.0 Å². The number of hydrogen-bond donors (Lipinski definition) is 3. The minimum atomic E-state index is -0.956. The largest absolute Gasteiger partial charge is 0.487 e. The fourth-order valence-corrected chi connectivity index (χ4v) is 4.50. The van der Waals surface area contributed by atoms with Crippen molar-refractivity contribution in [3.8, 4) is 5.75 Å². The molecule has 2 aromatic heterocycles. The fraction of sp³-hybridized carbons (Fsp3) is 0.429. The molecule has 1 aliphatic carbocycles. The number of fused-ring (bicyclic) bond motifs is 2. The first-order valence-electron chi connectivity index (χ1n) is 9.76. The smallest absolute Gasteiger partial charge is 0.143 e. The van der Waals surface area contributed by atoms with Crippen LogP contribution in [0.1, 0.15) is 29.3 Å². The topological polar surface area (TPSA) is 92.4 Å². The van der Waals surface area contributed by atoms with Gasteiger partial charge in [0.15, 0.2) is 0 Å². The Morgan fingerprint density at radius 3 is 2.96 bits per heavy atom. The molecule has 2 aliphatic rings. The summed E-state index contributed by atoms with van der Waals surface area (Å²) in [4.78, 5) is 8.61. The Morgan fingerprint density at radius 1 is 1.18 bits per heavy atom. The van der Waals surface area contributed by atoms with Crippen LogP contribution >= 0.6 is 0 Å². The van der Waals surface area contributed by atoms with Gasteiger partial charge in [0.2, 0.25) is 0 Å². The van der Waals surface area contributed by atoms with Crippen LogP contribution in [0.5, 0.6) is 5.75 Å². The van der Waals surface area contributed by atoms with Crippen LogP contribution in [0, 0.1) is 6.92 Å². The molecule has 5 rings (SSSR count). The summed E-state index contributed by atoms with van der Waals surface area (Å²) in [5.41, 5.74) is 4.10. The number of nitrogens with zero attached hydrogens (tertiary/aromatic N) is 3. The molecule has 1 saturated carbocycles. The molecule has 3 heterocycles. The van der Waals surface area contributed by atoms with E-state index in [1.807, 2.05) is 35.9 Å². The predicted molar refractivity (Wildman–Crippen MR) is 104 cm³/mol. The lowest BCUT2D eigenvalue weighted by Crippen LogP contribution is -2.34. The highest BCUT2D eigenvalue weighted by molar-refractivity contribution is 5.78. The van der Waals surface area contributed by atoms with E-state index in [2.05, 4.69) is 21.4 Å². The van der Waals surface area contributed by atoms with Crippen LogP contribution in [0.25, 0.3) is 11.0 Å². The summed E-state index contributed by atoms with van der Waals surface area (Å²) in [5, 5.41) is 25.7. The number of benzene rings is 1. The van der Waals surface area contributed by atoms with Crippen molar-refractivity contribution in [3.63, 3.8) is 0 Å². The van der Waals surface area contributed by atoms with Gasteiger partial charge in [-0.3, -0.25) is 0 Å². The Balaban J connectivity index is 1.43. The van der Waals surface area contributed by atoms with E-state index in [1.54, 1.807) is 0 Å². The maximum Gasteiger partial charge on any atom is 0.143 e. The van der Waals surface area contributed by atoms with Gasteiger partial charge >= 0.3 is 0 Å². The van der Waals surface area contributed by atoms with Crippen LogP contribution in [-0.4, -0.2) is 49.6 Å². The highest BCUT2D eigenvalue weighted by atomic mass is 16.5. The van der Waals surface area contributed by atoms with Crippen molar-refractivity contribution in [2.75, 3.05) is 6.54 Å². The first kappa shape index (κ1) is 17.6. The first-order valence-corrected chi connectivity index (χ1v) is 9.76. The third kappa shape index (κ3) is 2.78. The predicted octanol–water partition coefficient (Wildman–Crippen LogP) is 1.50. The van der Waals surface area contributed by atoms with Crippen molar-refractivity contribution in [3.05, 3.63) is 53.6 Å². The normalized spacial score (nSPS) is 27.1. The van der Waals surface area contributed by atoms with Gasteiger partial charge in [-0.15, -0.1) is 0 Å². The van der Waals surface area contributed by atoms with Gasteiger partial charge in [-0.1, -0.05) is 12.1 Å². The Labute approximate surface area is 163 Å². The van der Waals surface area contributed by atoms with E-state index in [0.717, 1.165) is 42.0 Å². The second kappa shape index (κ2) is 6.84. The summed E-state index contributed by atoms with van der Waals surface area (Å²) >= 11 is 0. The second-order valence-corrected chi connectivity index (χ2v) is 7.68. The van der Waals surface area contributed by atoms with Crippen molar-refractivity contribution in [1.82, 2.24) is 19.9 Å². The zero-order valence-electron chi connectivity index (χ0n) is 15.7.